The van der Waals surface area contributed by atoms with Gasteiger partial charge in [-0.25, -0.2) is 4.98 Å². The molecule has 2 rings (SSSR count). The Morgan fingerprint density at radius 2 is 1.93 bits per heavy atom. The zero-order valence-corrected chi connectivity index (χ0v) is 15.8. The summed E-state index contributed by atoms with van der Waals surface area (Å²) in [6, 6.07) is 10.8. The van der Waals surface area contributed by atoms with Crippen molar-refractivity contribution in [3.8, 4) is 0 Å². The molecule has 0 spiro atoms. The van der Waals surface area contributed by atoms with Gasteiger partial charge < -0.3 is 15.5 Å². The third-order valence-electron chi connectivity index (χ3n) is 4.07. The highest BCUT2D eigenvalue weighted by Gasteiger charge is 2.39. The lowest BCUT2D eigenvalue weighted by atomic mass is 10.2. The monoisotopic (exact) mass is 393 g/mol. The molecule has 0 fully saturated rings. The molecule has 1 heterocycles. The number of anilines is 3. The third kappa shape index (κ3) is 5.21. The minimum Gasteiger partial charge on any atom is -0.379 e. The molecule has 0 bridgehead atoms. The van der Waals surface area contributed by atoms with Crippen LogP contribution in [0.15, 0.2) is 41.4 Å². The second-order valence-electron chi connectivity index (χ2n) is 6.38. The molecule has 0 radical (unpaired) electrons. The average molecular weight is 393 g/mol. The van der Waals surface area contributed by atoms with Crippen molar-refractivity contribution in [2.75, 3.05) is 22.6 Å². The van der Waals surface area contributed by atoms with Gasteiger partial charge in [0.05, 0.1) is 5.69 Å². The molecule has 0 unspecified atom stereocenters. The van der Waals surface area contributed by atoms with Gasteiger partial charge in [0.15, 0.2) is 5.82 Å². The van der Waals surface area contributed by atoms with Gasteiger partial charge in [-0.2, -0.15) is 13.2 Å². The number of nitrogens with zero attached hydrogens (tertiary/aromatic N) is 3. The SMILES string of the molecule is C=Nc1c(NCc2ccccc2)cc(NC(=O)C(F)(F)F)nc1N(C)C(C)C. The summed E-state index contributed by atoms with van der Waals surface area (Å²) < 4.78 is 37.9. The Labute approximate surface area is 161 Å². The van der Waals surface area contributed by atoms with E-state index in [2.05, 4.69) is 22.0 Å². The molecule has 1 aromatic carbocycles. The number of hydrogen-bond donors (Lipinski definition) is 2. The second kappa shape index (κ2) is 8.73. The maximum Gasteiger partial charge on any atom is 0.471 e. The molecule has 28 heavy (non-hydrogen) atoms. The number of aromatic nitrogens is 1. The minimum absolute atomic E-state index is 0.0106. The molecule has 9 heteroatoms. The van der Waals surface area contributed by atoms with Crippen molar-refractivity contribution in [2.45, 2.75) is 32.6 Å². The number of aliphatic imine (C=N–C) groups is 1. The summed E-state index contributed by atoms with van der Waals surface area (Å²) in [7, 11) is 1.73. The average Bonchev–Trinajstić information content (AvgIpc) is 2.65. The summed E-state index contributed by atoms with van der Waals surface area (Å²) in [6.07, 6.45) is -5.02. The molecular weight excluding hydrogens is 371 g/mol. The molecule has 0 atom stereocenters. The van der Waals surface area contributed by atoms with Gasteiger partial charge in [-0.1, -0.05) is 30.3 Å². The first-order valence-corrected chi connectivity index (χ1v) is 8.54. The summed E-state index contributed by atoms with van der Waals surface area (Å²) in [5.41, 5.74) is 1.76. The highest BCUT2D eigenvalue weighted by atomic mass is 19.4. The molecule has 150 valence electrons. The van der Waals surface area contributed by atoms with Crippen LogP contribution in [0.5, 0.6) is 0 Å². The van der Waals surface area contributed by atoms with Gasteiger partial charge in [-0.05, 0) is 26.1 Å². The van der Waals surface area contributed by atoms with E-state index in [0.29, 0.717) is 23.7 Å². The first kappa shape index (κ1) is 21.2. The van der Waals surface area contributed by atoms with E-state index < -0.39 is 12.1 Å². The predicted octanol–water partition coefficient (Wildman–Crippen LogP) is 4.37. The number of carbonyl (C=O) groups is 1. The summed E-state index contributed by atoms with van der Waals surface area (Å²) in [4.78, 5) is 21.2. The molecule has 6 nitrogen and oxygen atoms in total. The quantitative estimate of drug-likeness (QED) is 0.686. The summed E-state index contributed by atoms with van der Waals surface area (Å²) >= 11 is 0. The van der Waals surface area contributed by atoms with Crippen LogP contribution in [-0.2, 0) is 11.3 Å². The van der Waals surface area contributed by atoms with E-state index in [-0.39, 0.29) is 11.9 Å². The Morgan fingerprint density at radius 1 is 1.29 bits per heavy atom. The predicted molar refractivity (Wildman–Crippen MR) is 105 cm³/mol. The van der Waals surface area contributed by atoms with Gasteiger partial charge in [0.1, 0.15) is 11.5 Å². The highest BCUT2D eigenvalue weighted by Crippen LogP contribution is 2.37. The first-order valence-electron chi connectivity index (χ1n) is 8.54. The van der Waals surface area contributed by atoms with E-state index in [1.54, 1.807) is 17.3 Å². The van der Waals surface area contributed by atoms with Gasteiger partial charge in [0.2, 0.25) is 0 Å². The smallest absolute Gasteiger partial charge is 0.379 e. The van der Waals surface area contributed by atoms with E-state index in [1.165, 1.54) is 6.07 Å². The van der Waals surface area contributed by atoms with Crippen LogP contribution in [0.3, 0.4) is 0 Å². The number of nitrogens with one attached hydrogen (secondary N) is 2. The minimum atomic E-state index is -5.02. The molecule has 0 aliphatic heterocycles. The number of rotatable bonds is 7. The maximum absolute atomic E-state index is 12.6. The summed E-state index contributed by atoms with van der Waals surface area (Å²) in [6.45, 7) is 7.75. The molecule has 0 saturated carbocycles. The van der Waals surface area contributed by atoms with E-state index >= 15 is 0 Å². The van der Waals surface area contributed by atoms with E-state index in [1.807, 2.05) is 44.2 Å². The van der Waals surface area contributed by atoms with Crippen LogP contribution >= 0.6 is 0 Å². The number of halogens is 3. The number of hydrogen-bond acceptors (Lipinski definition) is 5. The number of alkyl halides is 3. The van der Waals surface area contributed by atoms with E-state index in [0.717, 1.165) is 5.56 Å². The van der Waals surface area contributed by atoms with Gasteiger partial charge in [-0.15, -0.1) is 0 Å². The zero-order valence-electron chi connectivity index (χ0n) is 15.8. The van der Waals surface area contributed by atoms with Crippen molar-refractivity contribution in [3.05, 3.63) is 42.0 Å². The molecule has 1 amide bonds. The molecule has 2 aromatic rings. The Kier molecular flexibility index (Phi) is 6.61. The highest BCUT2D eigenvalue weighted by molar-refractivity contribution is 5.95. The van der Waals surface area contributed by atoms with Crippen LogP contribution < -0.4 is 15.5 Å². The molecule has 0 aliphatic carbocycles. The van der Waals surface area contributed by atoms with Crippen LogP contribution in [0.2, 0.25) is 0 Å². The summed E-state index contributed by atoms with van der Waals surface area (Å²) in [5.74, 6) is -2.01. The normalized spacial score (nSPS) is 11.2. The van der Waals surface area contributed by atoms with Crippen LogP contribution in [-0.4, -0.2) is 36.9 Å². The number of carbonyl (C=O) groups excluding carboxylic acids is 1. The lowest BCUT2D eigenvalue weighted by Crippen LogP contribution is -2.31. The maximum atomic E-state index is 12.6. The fourth-order valence-electron chi connectivity index (χ4n) is 2.35. The number of amides is 1. The Bertz CT molecular complexity index is 837. The van der Waals surface area contributed by atoms with Gasteiger partial charge in [-0.3, -0.25) is 9.79 Å². The van der Waals surface area contributed by atoms with Crippen molar-refractivity contribution in [2.24, 2.45) is 4.99 Å². The molecule has 0 aliphatic rings. The van der Waals surface area contributed by atoms with E-state index in [9.17, 15) is 18.0 Å². The van der Waals surface area contributed by atoms with Crippen molar-refractivity contribution in [1.29, 1.82) is 0 Å². The standard InChI is InChI=1S/C19H22F3N5O/c1-12(2)27(4)17-16(23-3)14(24-11-13-8-6-5-7-9-13)10-15(25-17)26-18(28)19(20,21)22/h5-10,12H,3,11H2,1-2,4H3,(H2,24,25,26,28). The first-order chi connectivity index (χ1) is 13.1. The Hall–Kier alpha value is -3.10. The van der Waals surface area contributed by atoms with Crippen molar-refractivity contribution in [1.82, 2.24) is 4.98 Å². The number of benzene rings is 1. The third-order valence-corrected chi connectivity index (χ3v) is 4.07. The Morgan fingerprint density at radius 3 is 2.46 bits per heavy atom. The van der Waals surface area contributed by atoms with Gasteiger partial charge in [0, 0.05) is 25.7 Å². The van der Waals surface area contributed by atoms with Crippen LogP contribution in [0, 0.1) is 0 Å². The topological polar surface area (TPSA) is 69.6 Å². The second-order valence-corrected chi connectivity index (χ2v) is 6.38. The largest absolute Gasteiger partial charge is 0.471 e. The Balaban J connectivity index is 2.44. The van der Waals surface area contributed by atoms with Crippen LogP contribution in [0.4, 0.5) is 36.2 Å². The molecule has 1 aromatic heterocycles. The van der Waals surface area contributed by atoms with Crippen molar-refractivity contribution >= 4 is 35.6 Å². The zero-order chi connectivity index (χ0) is 20.9. The molecule has 2 N–H and O–H groups in total. The lowest BCUT2D eigenvalue weighted by Gasteiger charge is -2.26. The molecular formula is C19H22F3N5O. The van der Waals surface area contributed by atoms with E-state index in [4.69, 9.17) is 0 Å². The molecule has 0 saturated heterocycles. The summed E-state index contributed by atoms with van der Waals surface area (Å²) in [5, 5.41) is 4.94. The van der Waals surface area contributed by atoms with Crippen LogP contribution in [0.25, 0.3) is 0 Å². The van der Waals surface area contributed by atoms with Gasteiger partial charge in [0.25, 0.3) is 0 Å². The number of pyridine rings is 1. The van der Waals surface area contributed by atoms with Crippen molar-refractivity contribution < 1.29 is 18.0 Å². The fourth-order valence-corrected chi connectivity index (χ4v) is 2.35. The van der Waals surface area contributed by atoms with Crippen molar-refractivity contribution in [3.63, 3.8) is 0 Å². The fraction of sp³-hybridized carbons (Fsp3) is 0.316. The van der Waals surface area contributed by atoms with Gasteiger partial charge >= 0.3 is 12.1 Å². The van der Waals surface area contributed by atoms with Crippen LogP contribution in [0.1, 0.15) is 19.4 Å². The lowest BCUT2D eigenvalue weighted by molar-refractivity contribution is -0.167.